The highest BCUT2D eigenvalue weighted by molar-refractivity contribution is 7.27. The number of hydrogen-bond acceptors (Lipinski definition) is 2. The zero-order valence-electron chi connectivity index (χ0n) is 48.4. The second-order valence-corrected chi connectivity index (χ2v) is 25.4. The molecule has 0 N–H and O–H groups in total. The lowest BCUT2D eigenvalue weighted by molar-refractivity contribution is 1.18. The maximum atomic E-state index is 2.49. The molecular formula is C86H53NS2. The summed E-state index contributed by atoms with van der Waals surface area (Å²) < 4.78 is 7.70. The van der Waals surface area contributed by atoms with Crippen molar-refractivity contribution in [1.82, 2.24) is 4.57 Å². The van der Waals surface area contributed by atoms with Crippen molar-refractivity contribution in [2.24, 2.45) is 0 Å². The maximum Gasteiger partial charge on any atom is 0.0541 e. The molecule has 3 heterocycles. The smallest absolute Gasteiger partial charge is 0.0541 e. The average Bonchev–Trinajstić information content (AvgIpc) is 1.93. The molecule has 0 radical (unpaired) electrons. The Morgan fingerprint density at radius 1 is 0.180 bits per heavy atom. The van der Waals surface area contributed by atoms with Crippen LogP contribution < -0.4 is 0 Å². The first kappa shape index (κ1) is 51.3. The summed E-state index contributed by atoms with van der Waals surface area (Å²) >= 11 is 3.83. The van der Waals surface area contributed by atoms with Gasteiger partial charge in [-0.15, -0.1) is 22.7 Å². The highest BCUT2D eigenvalue weighted by atomic mass is 32.1. The maximum absolute atomic E-state index is 2.49. The van der Waals surface area contributed by atoms with E-state index in [0.717, 1.165) is 5.69 Å². The molecule has 18 rings (SSSR count). The molecule has 15 aromatic carbocycles. The van der Waals surface area contributed by atoms with Gasteiger partial charge in [-0.3, -0.25) is 0 Å². The number of thiophene rings is 2. The molecule has 1 nitrogen and oxygen atoms in total. The van der Waals surface area contributed by atoms with Crippen molar-refractivity contribution in [3.63, 3.8) is 0 Å². The summed E-state index contributed by atoms with van der Waals surface area (Å²) in [4.78, 5) is 0. The molecule has 89 heavy (non-hydrogen) atoms. The van der Waals surface area contributed by atoms with Crippen LogP contribution in [-0.2, 0) is 0 Å². The van der Waals surface area contributed by atoms with Crippen LogP contribution in [0.3, 0.4) is 0 Å². The Labute approximate surface area is 523 Å². The van der Waals surface area contributed by atoms with Crippen LogP contribution in [0.25, 0.3) is 178 Å². The van der Waals surface area contributed by atoms with Gasteiger partial charge in [0.05, 0.1) is 11.0 Å². The quantitative estimate of drug-likeness (QED) is 0.127. The number of nitrogens with zero attached hydrogens (tertiary/aromatic N) is 1. The fourth-order valence-corrected chi connectivity index (χ4v) is 17.1. The van der Waals surface area contributed by atoms with E-state index in [2.05, 4.69) is 326 Å². The molecule has 0 amide bonds. The van der Waals surface area contributed by atoms with E-state index in [-0.39, 0.29) is 0 Å². The molecular weight excluding hydrogens is 1110 g/mol. The Morgan fingerprint density at radius 2 is 0.461 bits per heavy atom. The standard InChI is InChI=1S/C86H53NS2/c1-4-20-54(21-5-1)58-26-14-28-60(50-58)65-34-16-38-73-75-40-18-36-67(85(75)88-83(65)73)62-44-48-79-77(52-62)78-53-63(68-37-19-41-76-74-39-17-35-66(84(74)89-86(68)76)61-29-15-27-59(51-61)55-22-6-2-7-23-55)45-49-80(78)87(79)64-46-42-57(43-47-64)82-71-32-12-10-30-69(71)81(56-24-8-3-9-25-56)70-31-11-13-33-72(70)82/h1-53H. The minimum atomic E-state index is 1.12. The van der Waals surface area contributed by atoms with Crippen LogP contribution in [0, 0.1) is 0 Å². The summed E-state index contributed by atoms with van der Waals surface area (Å²) in [5.74, 6) is 0. The zero-order valence-corrected chi connectivity index (χ0v) is 50.0. The third-order valence-corrected chi connectivity index (χ3v) is 21.0. The minimum absolute atomic E-state index is 1.12. The molecule has 3 aromatic heterocycles. The number of benzene rings is 15. The molecule has 0 bridgehead atoms. The highest BCUT2D eigenvalue weighted by Crippen LogP contribution is 2.49. The van der Waals surface area contributed by atoms with Crippen molar-refractivity contribution >= 4 is 106 Å². The van der Waals surface area contributed by atoms with Crippen molar-refractivity contribution in [3.05, 3.63) is 322 Å². The first-order chi connectivity index (χ1) is 44.1. The van der Waals surface area contributed by atoms with Crippen LogP contribution in [0.15, 0.2) is 322 Å². The van der Waals surface area contributed by atoms with Crippen molar-refractivity contribution in [2.45, 2.75) is 0 Å². The van der Waals surface area contributed by atoms with E-state index in [4.69, 9.17) is 0 Å². The Balaban J connectivity index is 0.812. The summed E-state index contributed by atoms with van der Waals surface area (Å²) in [6, 6.07) is 119. The normalized spacial score (nSPS) is 11.8. The molecule has 0 aliphatic rings. The van der Waals surface area contributed by atoms with Gasteiger partial charge in [-0.1, -0.05) is 273 Å². The van der Waals surface area contributed by atoms with Crippen LogP contribution in [-0.4, -0.2) is 4.57 Å². The topological polar surface area (TPSA) is 4.93 Å². The average molecular weight is 1160 g/mol. The van der Waals surface area contributed by atoms with Gasteiger partial charge in [-0.05, 0) is 159 Å². The summed E-state index contributed by atoms with van der Waals surface area (Å²) in [6.07, 6.45) is 0. The number of fused-ring (bicyclic) bond motifs is 11. The van der Waals surface area contributed by atoms with Crippen molar-refractivity contribution in [2.75, 3.05) is 0 Å². The third kappa shape index (κ3) is 8.42. The second kappa shape index (κ2) is 20.9. The predicted octanol–water partition coefficient (Wildman–Crippen LogP) is 25.2. The van der Waals surface area contributed by atoms with E-state index >= 15 is 0 Å². The van der Waals surface area contributed by atoms with E-state index in [0.29, 0.717) is 0 Å². The van der Waals surface area contributed by atoms with E-state index in [1.54, 1.807) is 0 Å². The summed E-state index contributed by atoms with van der Waals surface area (Å²) in [6.45, 7) is 0. The number of rotatable bonds is 9. The van der Waals surface area contributed by atoms with Gasteiger partial charge >= 0.3 is 0 Å². The minimum Gasteiger partial charge on any atom is -0.309 e. The van der Waals surface area contributed by atoms with Gasteiger partial charge in [0.2, 0.25) is 0 Å². The molecule has 0 aliphatic carbocycles. The van der Waals surface area contributed by atoms with Gasteiger partial charge in [0.25, 0.3) is 0 Å². The van der Waals surface area contributed by atoms with Crippen molar-refractivity contribution in [1.29, 1.82) is 0 Å². The Morgan fingerprint density at radius 3 is 0.843 bits per heavy atom. The van der Waals surface area contributed by atoms with E-state index in [9.17, 15) is 0 Å². The largest absolute Gasteiger partial charge is 0.309 e. The van der Waals surface area contributed by atoms with Crippen LogP contribution in [0.1, 0.15) is 0 Å². The van der Waals surface area contributed by atoms with Crippen molar-refractivity contribution in [3.8, 4) is 94.7 Å². The monoisotopic (exact) mass is 1160 g/mol. The molecule has 0 spiro atoms. The fraction of sp³-hybridized carbons (Fsp3) is 0. The van der Waals surface area contributed by atoms with E-state index < -0.39 is 0 Å². The SMILES string of the molecule is c1ccc(-c2cccc(-c3cccc4c3sc3c(-c5ccc6c(c5)c5cc(-c7cccc8c7sc7c(-c9cccc(-c%10ccccc%10)c9)cccc78)ccc5n6-c5ccc(-c6c7ccccc7c(-c7ccccc7)c7ccccc67)cc5)cccc34)c2)cc1. The first-order valence-corrected chi connectivity index (χ1v) is 32.2. The Bertz CT molecular complexity index is 5510. The lowest BCUT2D eigenvalue weighted by atomic mass is 9.86. The highest BCUT2D eigenvalue weighted by Gasteiger charge is 2.22. The second-order valence-electron chi connectivity index (χ2n) is 23.4. The van der Waals surface area contributed by atoms with Gasteiger partial charge < -0.3 is 4.57 Å². The first-order valence-electron chi connectivity index (χ1n) is 30.5. The van der Waals surface area contributed by atoms with Gasteiger partial charge in [0, 0.05) is 56.8 Å². The molecule has 0 unspecified atom stereocenters. The summed E-state index contributed by atoms with van der Waals surface area (Å²) in [7, 11) is 0. The zero-order chi connectivity index (χ0) is 58.5. The molecule has 18 aromatic rings. The third-order valence-electron chi connectivity index (χ3n) is 18.4. The lowest BCUT2D eigenvalue weighted by Crippen LogP contribution is -1.95. The van der Waals surface area contributed by atoms with Gasteiger partial charge in [0.15, 0.2) is 0 Å². The molecule has 0 atom stereocenters. The van der Waals surface area contributed by atoms with Crippen LogP contribution in [0.5, 0.6) is 0 Å². The summed E-state index contributed by atoms with van der Waals surface area (Å²) in [5.41, 5.74) is 23.2. The number of hydrogen-bond donors (Lipinski definition) is 0. The van der Waals surface area contributed by atoms with Gasteiger partial charge in [-0.2, -0.15) is 0 Å². The van der Waals surface area contributed by atoms with Crippen LogP contribution in [0.2, 0.25) is 0 Å². The van der Waals surface area contributed by atoms with E-state index in [1.807, 2.05) is 22.7 Å². The summed E-state index contributed by atoms with van der Waals surface area (Å²) in [5, 5.41) is 12.6. The molecule has 0 fully saturated rings. The molecule has 3 heteroatoms. The Kier molecular flexibility index (Phi) is 12.0. The lowest BCUT2D eigenvalue weighted by Gasteiger charge is -2.18. The van der Waals surface area contributed by atoms with Crippen LogP contribution in [0.4, 0.5) is 0 Å². The Hall–Kier alpha value is -10.9. The van der Waals surface area contributed by atoms with E-state index in [1.165, 1.54) is 173 Å². The van der Waals surface area contributed by atoms with Crippen LogP contribution >= 0.6 is 22.7 Å². The molecule has 0 saturated carbocycles. The molecule has 0 aliphatic heterocycles. The molecule has 414 valence electrons. The number of aromatic nitrogens is 1. The van der Waals surface area contributed by atoms with Crippen molar-refractivity contribution < 1.29 is 0 Å². The molecule has 0 saturated heterocycles. The van der Waals surface area contributed by atoms with Gasteiger partial charge in [-0.25, -0.2) is 0 Å². The fourth-order valence-electron chi connectivity index (χ4n) is 14.3. The van der Waals surface area contributed by atoms with Gasteiger partial charge in [0.1, 0.15) is 0 Å². The predicted molar refractivity (Wildman–Crippen MR) is 385 cm³/mol.